The predicted octanol–water partition coefficient (Wildman–Crippen LogP) is 3.22. The lowest BCUT2D eigenvalue weighted by atomic mass is 9.96. The first kappa shape index (κ1) is 21.5. The summed E-state index contributed by atoms with van der Waals surface area (Å²) in [5, 5.41) is 3.89. The molecule has 0 atom stereocenters. The van der Waals surface area contributed by atoms with Crippen LogP contribution in [0.15, 0.2) is 15.5 Å². The summed E-state index contributed by atoms with van der Waals surface area (Å²) >= 11 is 1.35. The number of nitrogens with zero attached hydrogens (tertiary/aromatic N) is 4. The lowest BCUT2D eigenvalue weighted by Gasteiger charge is -2.33. The molecular formula is C20H28N4O4S2. The van der Waals surface area contributed by atoms with Crippen molar-refractivity contribution in [2.24, 2.45) is 5.92 Å². The van der Waals surface area contributed by atoms with E-state index in [-0.39, 0.29) is 11.8 Å². The Morgan fingerprint density at radius 3 is 2.37 bits per heavy atom. The second kappa shape index (κ2) is 8.76. The van der Waals surface area contributed by atoms with Crippen molar-refractivity contribution < 1.29 is 17.7 Å². The van der Waals surface area contributed by atoms with Crippen LogP contribution in [0.5, 0.6) is 0 Å². The molecule has 0 N–H and O–H groups in total. The summed E-state index contributed by atoms with van der Waals surface area (Å²) in [5.74, 6) is 0.979. The normalized spacial score (nSPS) is 19.7. The van der Waals surface area contributed by atoms with E-state index in [1.165, 1.54) is 28.5 Å². The van der Waals surface area contributed by atoms with Crippen molar-refractivity contribution in [1.29, 1.82) is 0 Å². The molecular weight excluding hydrogens is 424 g/mol. The standard InChI is InChI=1S/C20H28N4O4S2/c1-14-18(13-17(29-14)19-21-15(2)28-22-19)30(26,27)24-11-7-16(8-12-24)20(25)23-9-5-3-4-6-10-23/h13,16H,3-12H2,1-2H3. The lowest BCUT2D eigenvalue weighted by Crippen LogP contribution is -2.44. The summed E-state index contributed by atoms with van der Waals surface area (Å²) in [6.07, 6.45) is 5.66. The molecule has 10 heteroatoms. The highest BCUT2D eigenvalue weighted by Gasteiger charge is 2.35. The van der Waals surface area contributed by atoms with Crippen LogP contribution in [0.2, 0.25) is 0 Å². The third-order valence-electron chi connectivity index (χ3n) is 5.96. The van der Waals surface area contributed by atoms with Crippen LogP contribution >= 0.6 is 11.3 Å². The Bertz CT molecular complexity index is 998. The number of carbonyl (C=O) groups is 1. The van der Waals surface area contributed by atoms with Crippen LogP contribution < -0.4 is 0 Å². The number of aryl methyl sites for hydroxylation is 2. The summed E-state index contributed by atoms with van der Waals surface area (Å²) in [5.41, 5.74) is 0. The van der Waals surface area contributed by atoms with E-state index in [2.05, 4.69) is 10.1 Å². The molecule has 2 aromatic rings. The van der Waals surface area contributed by atoms with Crippen molar-refractivity contribution in [3.05, 3.63) is 16.8 Å². The van der Waals surface area contributed by atoms with Crippen LogP contribution in [0.25, 0.3) is 10.7 Å². The van der Waals surface area contributed by atoms with Gasteiger partial charge in [0.1, 0.15) is 0 Å². The number of hydrogen-bond donors (Lipinski definition) is 0. The van der Waals surface area contributed by atoms with Crippen molar-refractivity contribution in [3.63, 3.8) is 0 Å². The Hall–Kier alpha value is -1.78. The smallest absolute Gasteiger partial charge is 0.244 e. The van der Waals surface area contributed by atoms with E-state index in [9.17, 15) is 13.2 Å². The van der Waals surface area contributed by atoms with Gasteiger partial charge in [-0.2, -0.15) is 9.29 Å². The van der Waals surface area contributed by atoms with Gasteiger partial charge in [-0.3, -0.25) is 4.79 Å². The first-order valence-electron chi connectivity index (χ1n) is 10.6. The average Bonchev–Trinajstić information content (AvgIpc) is 3.23. The first-order chi connectivity index (χ1) is 14.4. The van der Waals surface area contributed by atoms with Crippen LogP contribution in [-0.4, -0.2) is 59.8 Å². The molecule has 2 fully saturated rings. The number of thiophene rings is 1. The number of rotatable bonds is 4. The number of carbonyl (C=O) groups excluding carboxylic acids is 1. The monoisotopic (exact) mass is 452 g/mol. The van der Waals surface area contributed by atoms with Crippen molar-refractivity contribution >= 4 is 27.3 Å². The first-order valence-corrected chi connectivity index (χ1v) is 12.8. The van der Waals surface area contributed by atoms with Gasteiger partial charge in [-0.15, -0.1) is 11.3 Å². The third kappa shape index (κ3) is 4.31. The Kier molecular flexibility index (Phi) is 6.26. The molecule has 2 aliphatic rings. The third-order valence-corrected chi connectivity index (χ3v) is 9.16. The van der Waals surface area contributed by atoms with E-state index >= 15 is 0 Å². The molecule has 2 aromatic heterocycles. The summed E-state index contributed by atoms with van der Waals surface area (Å²) in [7, 11) is -3.62. The number of piperidine rings is 1. The topological polar surface area (TPSA) is 96.6 Å². The maximum absolute atomic E-state index is 13.3. The largest absolute Gasteiger partial charge is 0.342 e. The second-order valence-electron chi connectivity index (χ2n) is 8.09. The van der Waals surface area contributed by atoms with E-state index in [0.717, 1.165) is 25.9 Å². The maximum Gasteiger partial charge on any atom is 0.244 e. The SMILES string of the molecule is Cc1nc(-c2cc(S(=O)(=O)N3CCC(C(=O)N4CCCCCC4)CC3)c(C)s2)no1. The molecule has 4 rings (SSSR count). The fourth-order valence-electron chi connectivity index (χ4n) is 4.26. The van der Waals surface area contributed by atoms with E-state index in [0.29, 0.717) is 52.3 Å². The minimum atomic E-state index is -3.62. The highest BCUT2D eigenvalue weighted by atomic mass is 32.2. The van der Waals surface area contributed by atoms with Crippen molar-refractivity contribution in [3.8, 4) is 10.7 Å². The quantitative estimate of drug-likeness (QED) is 0.707. The van der Waals surface area contributed by atoms with Gasteiger partial charge in [0, 0.05) is 43.9 Å². The van der Waals surface area contributed by atoms with Gasteiger partial charge >= 0.3 is 0 Å². The van der Waals surface area contributed by atoms with E-state index in [1.807, 2.05) is 4.90 Å². The van der Waals surface area contributed by atoms with Gasteiger partial charge in [0.25, 0.3) is 0 Å². The van der Waals surface area contributed by atoms with Crippen molar-refractivity contribution in [2.45, 2.75) is 57.3 Å². The predicted molar refractivity (Wildman–Crippen MR) is 114 cm³/mol. The number of aromatic nitrogens is 2. The molecule has 164 valence electrons. The molecule has 0 aliphatic carbocycles. The van der Waals surface area contributed by atoms with Crippen LogP contribution in [-0.2, 0) is 14.8 Å². The van der Waals surface area contributed by atoms with E-state index in [1.54, 1.807) is 19.9 Å². The molecule has 30 heavy (non-hydrogen) atoms. The summed E-state index contributed by atoms with van der Waals surface area (Å²) in [6.45, 7) is 5.92. The van der Waals surface area contributed by atoms with Gasteiger partial charge in [0.2, 0.25) is 27.6 Å². The fraction of sp³-hybridized carbons (Fsp3) is 0.650. The minimum Gasteiger partial charge on any atom is -0.342 e. The van der Waals surface area contributed by atoms with Gasteiger partial charge in [-0.1, -0.05) is 18.0 Å². The molecule has 0 aromatic carbocycles. The van der Waals surface area contributed by atoms with E-state index in [4.69, 9.17) is 4.52 Å². The zero-order valence-electron chi connectivity index (χ0n) is 17.5. The highest BCUT2D eigenvalue weighted by molar-refractivity contribution is 7.89. The average molecular weight is 453 g/mol. The van der Waals surface area contributed by atoms with Gasteiger partial charge < -0.3 is 9.42 Å². The van der Waals surface area contributed by atoms with Crippen molar-refractivity contribution in [1.82, 2.24) is 19.3 Å². The molecule has 0 unspecified atom stereocenters. The Morgan fingerprint density at radius 2 is 1.77 bits per heavy atom. The molecule has 8 nitrogen and oxygen atoms in total. The summed E-state index contributed by atoms with van der Waals surface area (Å²) in [6, 6.07) is 1.63. The molecule has 0 bridgehead atoms. The van der Waals surface area contributed by atoms with E-state index < -0.39 is 10.0 Å². The van der Waals surface area contributed by atoms with Crippen LogP contribution in [0.4, 0.5) is 0 Å². The zero-order chi connectivity index (χ0) is 21.3. The number of hydrogen-bond acceptors (Lipinski definition) is 7. The molecule has 1 amide bonds. The zero-order valence-corrected chi connectivity index (χ0v) is 19.1. The molecule has 4 heterocycles. The lowest BCUT2D eigenvalue weighted by molar-refractivity contribution is -0.136. The van der Waals surface area contributed by atoms with Gasteiger partial charge in [0.15, 0.2) is 0 Å². The molecule has 2 saturated heterocycles. The number of likely N-dealkylation sites (tertiary alicyclic amines) is 1. The molecule has 0 saturated carbocycles. The highest BCUT2D eigenvalue weighted by Crippen LogP contribution is 2.35. The minimum absolute atomic E-state index is 0.0732. The molecule has 2 aliphatic heterocycles. The van der Waals surface area contributed by atoms with Gasteiger partial charge in [0.05, 0.1) is 9.77 Å². The fourth-order valence-corrected chi connectivity index (χ4v) is 7.22. The Labute approximate surface area is 181 Å². The molecule has 0 radical (unpaired) electrons. The summed E-state index contributed by atoms with van der Waals surface area (Å²) in [4.78, 5) is 20.7. The Morgan fingerprint density at radius 1 is 1.10 bits per heavy atom. The van der Waals surface area contributed by atoms with Gasteiger partial charge in [-0.05, 0) is 38.7 Å². The van der Waals surface area contributed by atoms with Crippen molar-refractivity contribution in [2.75, 3.05) is 26.2 Å². The maximum atomic E-state index is 13.3. The second-order valence-corrected chi connectivity index (χ2v) is 11.2. The Balaban J connectivity index is 1.44. The van der Waals surface area contributed by atoms with Gasteiger partial charge in [-0.25, -0.2) is 8.42 Å². The molecule has 0 spiro atoms. The number of amides is 1. The van der Waals surface area contributed by atoms with Crippen LogP contribution in [0.1, 0.15) is 49.3 Å². The summed E-state index contributed by atoms with van der Waals surface area (Å²) < 4.78 is 33.0. The van der Waals surface area contributed by atoms with Crippen LogP contribution in [0.3, 0.4) is 0 Å². The number of sulfonamides is 1. The van der Waals surface area contributed by atoms with Crippen LogP contribution in [0, 0.1) is 19.8 Å².